The fourth-order valence-corrected chi connectivity index (χ4v) is 1.58. The van der Waals surface area contributed by atoms with Gasteiger partial charge < -0.3 is 9.84 Å². The number of nitrogens with zero attached hydrogens (tertiary/aromatic N) is 3. The number of benzene rings is 1. The van der Waals surface area contributed by atoms with E-state index >= 15 is 0 Å². The second kappa shape index (κ2) is 5.96. The van der Waals surface area contributed by atoms with Crippen LogP contribution in [0.2, 0.25) is 0 Å². The van der Waals surface area contributed by atoms with Crippen LogP contribution in [0.3, 0.4) is 0 Å². The Balaban J connectivity index is 2.19. The van der Waals surface area contributed by atoms with Gasteiger partial charge in [0, 0.05) is 18.7 Å². The number of rotatable bonds is 5. The molecule has 1 N–H and O–H groups in total. The number of aromatic nitrogens is 3. The van der Waals surface area contributed by atoms with Crippen LogP contribution in [0, 0.1) is 5.82 Å². The van der Waals surface area contributed by atoms with E-state index in [0.29, 0.717) is 11.3 Å². The van der Waals surface area contributed by atoms with Crippen LogP contribution >= 0.6 is 0 Å². The molecule has 0 bridgehead atoms. The second-order valence-corrected chi connectivity index (χ2v) is 4.00. The van der Waals surface area contributed by atoms with Crippen LogP contribution in [-0.4, -0.2) is 26.1 Å². The van der Waals surface area contributed by atoms with Crippen LogP contribution in [0.4, 0.5) is 4.39 Å². The fraction of sp³-hybridized carbons (Fsp3) is 0.154. The summed E-state index contributed by atoms with van der Waals surface area (Å²) in [5, 5.41) is 16.2. The van der Waals surface area contributed by atoms with Crippen molar-refractivity contribution in [3.63, 3.8) is 0 Å². The first kappa shape index (κ1) is 13.7. The molecular formula is C13H12FN3O3. The Morgan fingerprint density at radius 3 is 3.00 bits per heavy atom. The molecule has 0 amide bonds. The van der Waals surface area contributed by atoms with E-state index in [2.05, 4.69) is 10.3 Å². The van der Waals surface area contributed by atoms with Crippen LogP contribution in [0.25, 0.3) is 6.08 Å². The highest BCUT2D eigenvalue weighted by Gasteiger charge is 2.09. The molecule has 0 aliphatic heterocycles. The SMILES string of the molecule is Cn1cc(COc2c(F)cccc2/C=C/C(=O)O)nn1. The monoisotopic (exact) mass is 277 g/mol. The lowest BCUT2D eigenvalue weighted by Crippen LogP contribution is -2.00. The molecular weight excluding hydrogens is 265 g/mol. The smallest absolute Gasteiger partial charge is 0.328 e. The number of para-hydroxylation sites is 1. The highest BCUT2D eigenvalue weighted by Crippen LogP contribution is 2.24. The van der Waals surface area contributed by atoms with E-state index in [-0.39, 0.29) is 12.4 Å². The second-order valence-electron chi connectivity index (χ2n) is 4.00. The molecule has 1 aromatic heterocycles. The van der Waals surface area contributed by atoms with Crippen molar-refractivity contribution in [2.24, 2.45) is 7.05 Å². The lowest BCUT2D eigenvalue weighted by Gasteiger charge is -2.08. The summed E-state index contributed by atoms with van der Waals surface area (Å²) >= 11 is 0. The van der Waals surface area contributed by atoms with E-state index < -0.39 is 11.8 Å². The molecule has 2 aromatic rings. The summed E-state index contributed by atoms with van der Waals surface area (Å²) in [5.41, 5.74) is 0.889. The molecule has 0 aliphatic carbocycles. The lowest BCUT2D eigenvalue weighted by atomic mass is 10.2. The van der Waals surface area contributed by atoms with Crippen LogP contribution < -0.4 is 4.74 Å². The van der Waals surface area contributed by atoms with Crippen LogP contribution in [0.15, 0.2) is 30.5 Å². The number of halogens is 1. The first-order valence-electron chi connectivity index (χ1n) is 5.74. The van der Waals surface area contributed by atoms with Crippen molar-refractivity contribution in [2.75, 3.05) is 0 Å². The zero-order valence-corrected chi connectivity index (χ0v) is 10.7. The predicted molar refractivity (Wildman–Crippen MR) is 68.4 cm³/mol. The first-order valence-corrected chi connectivity index (χ1v) is 5.74. The Labute approximate surface area is 114 Å². The zero-order chi connectivity index (χ0) is 14.5. The molecule has 104 valence electrons. The highest BCUT2D eigenvalue weighted by molar-refractivity contribution is 5.85. The topological polar surface area (TPSA) is 77.2 Å². The van der Waals surface area contributed by atoms with E-state index in [1.54, 1.807) is 19.3 Å². The summed E-state index contributed by atoms with van der Waals surface area (Å²) in [4.78, 5) is 10.5. The molecule has 2 rings (SSSR count). The van der Waals surface area contributed by atoms with Gasteiger partial charge in [0.05, 0.1) is 6.20 Å². The van der Waals surface area contributed by atoms with Crippen molar-refractivity contribution in [3.8, 4) is 5.75 Å². The average Bonchev–Trinajstić information content (AvgIpc) is 2.81. The third-order valence-electron chi connectivity index (χ3n) is 2.42. The minimum Gasteiger partial charge on any atom is -0.483 e. The van der Waals surface area contributed by atoms with Crippen molar-refractivity contribution in [3.05, 3.63) is 47.5 Å². The van der Waals surface area contributed by atoms with Gasteiger partial charge in [0.25, 0.3) is 0 Å². The van der Waals surface area contributed by atoms with Crippen molar-refractivity contribution in [1.29, 1.82) is 0 Å². The summed E-state index contributed by atoms with van der Waals surface area (Å²) in [6, 6.07) is 4.28. The van der Waals surface area contributed by atoms with E-state index in [0.717, 1.165) is 6.08 Å². The van der Waals surface area contributed by atoms with Gasteiger partial charge in [-0.05, 0) is 12.1 Å². The molecule has 7 heteroatoms. The van der Waals surface area contributed by atoms with E-state index in [1.807, 2.05) is 0 Å². The maximum Gasteiger partial charge on any atom is 0.328 e. The first-order chi connectivity index (χ1) is 9.56. The van der Waals surface area contributed by atoms with E-state index in [1.165, 1.54) is 22.9 Å². The van der Waals surface area contributed by atoms with Crippen LogP contribution in [0.5, 0.6) is 5.75 Å². The van der Waals surface area contributed by atoms with E-state index in [9.17, 15) is 9.18 Å². The van der Waals surface area contributed by atoms with Gasteiger partial charge >= 0.3 is 5.97 Å². The number of carboxylic acids is 1. The van der Waals surface area contributed by atoms with Crippen LogP contribution in [0.1, 0.15) is 11.3 Å². The summed E-state index contributed by atoms with van der Waals surface area (Å²) in [6.07, 6.45) is 3.84. The van der Waals surface area contributed by atoms with Gasteiger partial charge in [-0.15, -0.1) is 5.10 Å². The lowest BCUT2D eigenvalue weighted by molar-refractivity contribution is -0.131. The normalized spacial score (nSPS) is 10.9. The van der Waals surface area contributed by atoms with E-state index in [4.69, 9.17) is 9.84 Å². The molecule has 1 heterocycles. The minimum absolute atomic E-state index is 0.0179. The van der Waals surface area contributed by atoms with Crippen molar-refractivity contribution in [2.45, 2.75) is 6.61 Å². The summed E-state index contributed by atoms with van der Waals surface area (Å²) in [7, 11) is 1.71. The number of hydrogen-bond acceptors (Lipinski definition) is 4. The Hall–Kier alpha value is -2.70. The van der Waals surface area contributed by atoms with Gasteiger partial charge in [0.1, 0.15) is 12.3 Å². The molecule has 0 radical (unpaired) electrons. The molecule has 0 saturated carbocycles. The number of carbonyl (C=O) groups is 1. The number of aliphatic carboxylic acids is 1. The van der Waals surface area contributed by atoms with Gasteiger partial charge in [0.15, 0.2) is 11.6 Å². The Bertz CT molecular complexity index is 652. The standard InChI is InChI=1S/C13H12FN3O3/c1-17-7-10(15-16-17)8-20-13-9(5-6-12(18)19)3-2-4-11(13)14/h2-7H,8H2,1H3,(H,18,19)/b6-5+. The van der Waals surface area contributed by atoms with Gasteiger partial charge in [0.2, 0.25) is 0 Å². The third-order valence-corrected chi connectivity index (χ3v) is 2.42. The Morgan fingerprint density at radius 1 is 1.55 bits per heavy atom. The fourth-order valence-electron chi connectivity index (χ4n) is 1.58. The predicted octanol–water partition coefficient (Wildman–Crippen LogP) is 1.63. The van der Waals surface area contributed by atoms with Gasteiger partial charge in [-0.3, -0.25) is 4.68 Å². The molecule has 6 nitrogen and oxygen atoms in total. The molecule has 0 unspecified atom stereocenters. The van der Waals surface area contributed by atoms with Crippen molar-refractivity contribution in [1.82, 2.24) is 15.0 Å². The summed E-state index contributed by atoms with van der Waals surface area (Å²) in [5.74, 6) is -1.70. The number of ether oxygens (including phenoxy) is 1. The molecule has 1 aromatic carbocycles. The maximum atomic E-state index is 13.7. The molecule has 0 saturated heterocycles. The molecule has 0 spiro atoms. The Morgan fingerprint density at radius 2 is 2.35 bits per heavy atom. The third kappa shape index (κ3) is 3.41. The van der Waals surface area contributed by atoms with Crippen LogP contribution in [-0.2, 0) is 18.4 Å². The number of aryl methyl sites for hydroxylation is 1. The average molecular weight is 277 g/mol. The summed E-state index contributed by atoms with van der Waals surface area (Å²) in [6.45, 7) is 0.0443. The molecule has 0 aliphatic rings. The number of hydrogen-bond donors (Lipinski definition) is 1. The highest BCUT2D eigenvalue weighted by atomic mass is 19.1. The van der Waals surface area contributed by atoms with Crippen molar-refractivity contribution >= 4 is 12.0 Å². The number of carboxylic acid groups (broad SMARTS) is 1. The molecule has 20 heavy (non-hydrogen) atoms. The minimum atomic E-state index is -1.12. The zero-order valence-electron chi connectivity index (χ0n) is 10.7. The molecule has 0 atom stereocenters. The van der Waals surface area contributed by atoms with Gasteiger partial charge in [-0.1, -0.05) is 17.3 Å². The quantitative estimate of drug-likeness (QED) is 0.840. The van der Waals surface area contributed by atoms with Gasteiger partial charge in [-0.2, -0.15) is 0 Å². The largest absolute Gasteiger partial charge is 0.483 e. The molecule has 0 fully saturated rings. The Kier molecular flexibility index (Phi) is 4.09. The summed E-state index contributed by atoms with van der Waals surface area (Å²) < 4.78 is 20.6. The van der Waals surface area contributed by atoms with Crippen molar-refractivity contribution < 1.29 is 19.0 Å². The van der Waals surface area contributed by atoms with Gasteiger partial charge in [-0.25, -0.2) is 9.18 Å². The maximum absolute atomic E-state index is 13.7.